The SMILES string of the molecule is [CH2]C(C)c1ccc(OCC)c([N+](=O)[O-])c1. The van der Waals surface area contributed by atoms with Crippen molar-refractivity contribution in [3.8, 4) is 5.75 Å². The molecule has 0 N–H and O–H groups in total. The quantitative estimate of drug-likeness (QED) is 0.564. The maximum absolute atomic E-state index is 10.8. The van der Waals surface area contributed by atoms with E-state index in [9.17, 15) is 10.1 Å². The zero-order valence-corrected chi connectivity index (χ0v) is 8.90. The Balaban J connectivity index is 3.14. The summed E-state index contributed by atoms with van der Waals surface area (Å²) in [5.74, 6) is 0.339. The Morgan fingerprint density at radius 1 is 1.60 bits per heavy atom. The average Bonchev–Trinajstić information content (AvgIpc) is 2.18. The van der Waals surface area contributed by atoms with Gasteiger partial charge in [-0.1, -0.05) is 13.0 Å². The highest BCUT2D eigenvalue weighted by molar-refractivity contribution is 5.49. The van der Waals surface area contributed by atoms with E-state index in [-0.39, 0.29) is 11.6 Å². The Labute approximate surface area is 89.0 Å². The second kappa shape index (κ2) is 4.77. The van der Waals surface area contributed by atoms with E-state index in [4.69, 9.17) is 4.74 Å². The van der Waals surface area contributed by atoms with Crippen molar-refractivity contribution in [2.45, 2.75) is 19.8 Å². The number of ether oxygens (including phenoxy) is 1. The van der Waals surface area contributed by atoms with Gasteiger partial charge in [-0.05, 0) is 31.4 Å². The molecule has 0 aliphatic rings. The molecule has 1 atom stereocenters. The van der Waals surface area contributed by atoms with Crippen LogP contribution in [0.2, 0.25) is 0 Å². The third-order valence-corrected chi connectivity index (χ3v) is 2.05. The van der Waals surface area contributed by atoms with Gasteiger partial charge >= 0.3 is 5.69 Å². The highest BCUT2D eigenvalue weighted by atomic mass is 16.6. The van der Waals surface area contributed by atoms with E-state index in [1.54, 1.807) is 19.1 Å². The molecule has 0 spiro atoms. The van der Waals surface area contributed by atoms with Crippen LogP contribution in [-0.4, -0.2) is 11.5 Å². The van der Waals surface area contributed by atoms with E-state index in [1.807, 2.05) is 6.92 Å². The van der Waals surface area contributed by atoms with Gasteiger partial charge in [0.15, 0.2) is 5.75 Å². The molecule has 1 radical (unpaired) electrons. The van der Waals surface area contributed by atoms with Crippen molar-refractivity contribution >= 4 is 5.69 Å². The lowest BCUT2D eigenvalue weighted by Gasteiger charge is -2.08. The number of nitro benzene ring substituents is 1. The first kappa shape index (κ1) is 11.5. The lowest BCUT2D eigenvalue weighted by atomic mass is 10.0. The standard InChI is InChI=1S/C11H14NO3/c1-4-15-11-6-5-9(8(2)3)7-10(11)12(13)14/h5-8H,2,4H2,1,3H3. The fraction of sp³-hybridized carbons (Fsp3) is 0.364. The van der Waals surface area contributed by atoms with Gasteiger partial charge in [0.2, 0.25) is 0 Å². The van der Waals surface area contributed by atoms with Gasteiger partial charge in [-0.25, -0.2) is 0 Å². The molecule has 0 aromatic heterocycles. The van der Waals surface area contributed by atoms with Crippen molar-refractivity contribution < 1.29 is 9.66 Å². The third kappa shape index (κ3) is 2.68. The summed E-state index contributed by atoms with van der Waals surface area (Å²) in [6, 6.07) is 4.94. The number of hydrogen-bond donors (Lipinski definition) is 0. The molecule has 81 valence electrons. The molecule has 1 aromatic carbocycles. The van der Waals surface area contributed by atoms with Crippen LogP contribution in [0.1, 0.15) is 25.3 Å². The fourth-order valence-corrected chi connectivity index (χ4v) is 1.26. The molecule has 1 rings (SSSR count). The predicted molar refractivity (Wildman–Crippen MR) is 58.0 cm³/mol. The molecule has 0 saturated heterocycles. The monoisotopic (exact) mass is 208 g/mol. The summed E-state index contributed by atoms with van der Waals surface area (Å²) in [6.07, 6.45) is 0. The minimum Gasteiger partial charge on any atom is -0.487 e. The van der Waals surface area contributed by atoms with E-state index in [1.165, 1.54) is 6.07 Å². The van der Waals surface area contributed by atoms with E-state index >= 15 is 0 Å². The molecule has 0 saturated carbocycles. The van der Waals surface area contributed by atoms with E-state index < -0.39 is 4.92 Å². The molecule has 1 unspecified atom stereocenters. The summed E-state index contributed by atoms with van der Waals surface area (Å²) in [5.41, 5.74) is 0.843. The Morgan fingerprint density at radius 2 is 2.27 bits per heavy atom. The van der Waals surface area contributed by atoms with Gasteiger partial charge < -0.3 is 4.74 Å². The van der Waals surface area contributed by atoms with Crippen molar-refractivity contribution in [2.75, 3.05) is 6.61 Å². The number of rotatable bonds is 4. The van der Waals surface area contributed by atoms with Gasteiger partial charge in [-0.15, -0.1) is 0 Å². The summed E-state index contributed by atoms with van der Waals surface area (Å²) in [4.78, 5) is 10.3. The van der Waals surface area contributed by atoms with Crippen LogP contribution < -0.4 is 4.74 Å². The minimum absolute atomic E-state index is 0.00449. The molecule has 0 amide bonds. The van der Waals surface area contributed by atoms with Crippen molar-refractivity contribution in [2.24, 2.45) is 0 Å². The summed E-state index contributed by atoms with van der Waals surface area (Å²) in [6.45, 7) is 7.92. The van der Waals surface area contributed by atoms with Gasteiger partial charge in [0.1, 0.15) is 0 Å². The summed E-state index contributed by atoms with van der Waals surface area (Å²) < 4.78 is 5.17. The molecule has 15 heavy (non-hydrogen) atoms. The first-order valence-electron chi connectivity index (χ1n) is 4.80. The summed E-state index contributed by atoms with van der Waals surface area (Å²) in [7, 11) is 0. The summed E-state index contributed by atoms with van der Waals surface area (Å²) in [5, 5.41) is 10.8. The second-order valence-electron chi connectivity index (χ2n) is 3.32. The number of benzene rings is 1. The Kier molecular flexibility index (Phi) is 3.66. The second-order valence-corrected chi connectivity index (χ2v) is 3.32. The maximum atomic E-state index is 10.8. The van der Waals surface area contributed by atoms with Gasteiger partial charge in [-0.3, -0.25) is 10.1 Å². The Morgan fingerprint density at radius 3 is 2.73 bits per heavy atom. The van der Waals surface area contributed by atoms with Crippen LogP contribution in [0, 0.1) is 17.0 Å². The average molecular weight is 208 g/mol. The minimum atomic E-state index is -0.434. The van der Waals surface area contributed by atoms with Crippen molar-refractivity contribution in [3.63, 3.8) is 0 Å². The highest BCUT2D eigenvalue weighted by Crippen LogP contribution is 2.30. The van der Waals surface area contributed by atoms with Crippen LogP contribution in [0.25, 0.3) is 0 Å². The molecule has 1 aromatic rings. The van der Waals surface area contributed by atoms with Crippen molar-refractivity contribution in [1.29, 1.82) is 0 Å². The van der Waals surface area contributed by atoms with E-state index in [2.05, 4.69) is 6.92 Å². The molecular weight excluding hydrogens is 194 g/mol. The number of nitro groups is 1. The summed E-state index contributed by atoms with van der Waals surface area (Å²) >= 11 is 0. The van der Waals surface area contributed by atoms with Crippen LogP contribution >= 0.6 is 0 Å². The molecule has 0 heterocycles. The van der Waals surface area contributed by atoms with Crippen LogP contribution in [0.5, 0.6) is 5.75 Å². The lowest BCUT2D eigenvalue weighted by Crippen LogP contribution is -1.99. The van der Waals surface area contributed by atoms with Gasteiger partial charge in [0, 0.05) is 6.07 Å². The first-order valence-corrected chi connectivity index (χ1v) is 4.80. The van der Waals surface area contributed by atoms with E-state index in [0.29, 0.717) is 12.4 Å². The lowest BCUT2D eigenvalue weighted by molar-refractivity contribution is -0.385. The molecule has 0 fully saturated rings. The third-order valence-electron chi connectivity index (χ3n) is 2.05. The molecule has 4 nitrogen and oxygen atoms in total. The van der Waals surface area contributed by atoms with Gasteiger partial charge in [-0.2, -0.15) is 0 Å². The Hall–Kier alpha value is -1.58. The largest absolute Gasteiger partial charge is 0.487 e. The van der Waals surface area contributed by atoms with Gasteiger partial charge in [0.25, 0.3) is 0 Å². The van der Waals surface area contributed by atoms with Crippen LogP contribution in [-0.2, 0) is 0 Å². The topological polar surface area (TPSA) is 52.4 Å². The number of nitrogens with zero attached hydrogens (tertiary/aromatic N) is 1. The van der Waals surface area contributed by atoms with Crippen LogP contribution in [0.15, 0.2) is 18.2 Å². The fourth-order valence-electron chi connectivity index (χ4n) is 1.26. The van der Waals surface area contributed by atoms with Crippen molar-refractivity contribution in [3.05, 3.63) is 40.8 Å². The number of hydrogen-bond acceptors (Lipinski definition) is 3. The zero-order chi connectivity index (χ0) is 11.4. The van der Waals surface area contributed by atoms with Crippen LogP contribution in [0.3, 0.4) is 0 Å². The first-order chi connectivity index (χ1) is 7.06. The van der Waals surface area contributed by atoms with Gasteiger partial charge in [0.05, 0.1) is 11.5 Å². The maximum Gasteiger partial charge on any atom is 0.311 e. The zero-order valence-electron chi connectivity index (χ0n) is 8.90. The predicted octanol–water partition coefficient (Wildman–Crippen LogP) is 2.93. The van der Waals surface area contributed by atoms with E-state index in [0.717, 1.165) is 5.56 Å². The molecule has 0 aliphatic heterocycles. The van der Waals surface area contributed by atoms with Crippen molar-refractivity contribution in [1.82, 2.24) is 0 Å². The molecule has 0 aliphatic carbocycles. The molecule has 4 heteroatoms. The molecule has 0 bridgehead atoms. The Bertz CT molecular complexity index is 361. The smallest absolute Gasteiger partial charge is 0.311 e. The molecular formula is C11H14NO3. The normalized spacial score (nSPS) is 10.4. The van der Waals surface area contributed by atoms with Crippen LogP contribution in [0.4, 0.5) is 5.69 Å². The highest BCUT2D eigenvalue weighted by Gasteiger charge is 2.16.